The summed E-state index contributed by atoms with van der Waals surface area (Å²) in [4.78, 5) is 33.0. The number of carbonyl (C=O) groups excluding carboxylic acids is 2. The molecule has 0 radical (unpaired) electrons. The van der Waals surface area contributed by atoms with E-state index in [0.29, 0.717) is 63.0 Å². The predicted octanol–water partition coefficient (Wildman–Crippen LogP) is 2.49. The molecule has 1 aromatic heterocycles. The summed E-state index contributed by atoms with van der Waals surface area (Å²) in [5, 5.41) is 0.633. The Kier molecular flexibility index (Phi) is 6.54. The molecule has 0 aliphatic carbocycles. The number of amides is 2. The fraction of sp³-hybridized carbons (Fsp3) is 0.476. The van der Waals surface area contributed by atoms with E-state index >= 15 is 0 Å². The molecule has 2 aliphatic heterocycles. The molecule has 2 aromatic rings. The van der Waals surface area contributed by atoms with Gasteiger partial charge in [0.05, 0.1) is 19.4 Å². The van der Waals surface area contributed by atoms with Crippen molar-refractivity contribution in [3.63, 3.8) is 0 Å². The molecule has 4 rings (SSSR count). The van der Waals surface area contributed by atoms with Gasteiger partial charge in [0.25, 0.3) is 5.91 Å². The molecule has 30 heavy (non-hydrogen) atoms. The van der Waals surface area contributed by atoms with Gasteiger partial charge in [-0.25, -0.2) is 4.98 Å². The minimum Gasteiger partial charge on any atom is -0.490 e. The second kappa shape index (κ2) is 9.49. The number of nitrogens with zero attached hydrogens (tertiary/aromatic N) is 3. The van der Waals surface area contributed by atoms with Crippen molar-refractivity contribution >= 4 is 23.4 Å². The van der Waals surface area contributed by atoms with E-state index in [1.54, 1.807) is 17.0 Å². The molecule has 2 saturated heterocycles. The minimum atomic E-state index is -0.221. The van der Waals surface area contributed by atoms with Gasteiger partial charge in [0.15, 0.2) is 6.39 Å². The highest BCUT2D eigenvalue weighted by Crippen LogP contribution is 2.28. The van der Waals surface area contributed by atoms with Crippen LogP contribution in [-0.2, 0) is 9.53 Å². The molecule has 0 spiro atoms. The predicted molar refractivity (Wildman–Crippen MR) is 108 cm³/mol. The number of likely N-dealkylation sites (tertiary alicyclic amines) is 1. The van der Waals surface area contributed by atoms with Gasteiger partial charge in [-0.15, -0.1) is 0 Å². The first kappa shape index (κ1) is 20.7. The van der Waals surface area contributed by atoms with Crippen molar-refractivity contribution in [2.45, 2.75) is 18.9 Å². The quantitative estimate of drug-likeness (QED) is 0.720. The van der Waals surface area contributed by atoms with Gasteiger partial charge in [0, 0.05) is 50.0 Å². The fourth-order valence-electron chi connectivity index (χ4n) is 3.88. The lowest BCUT2D eigenvalue weighted by molar-refractivity contribution is -0.137. The summed E-state index contributed by atoms with van der Waals surface area (Å²) in [6.07, 6.45) is 3.38. The van der Waals surface area contributed by atoms with Crippen LogP contribution in [0.2, 0.25) is 5.02 Å². The van der Waals surface area contributed by atoms with Gasteiger partial charge in [-0.1, -0.05) is 11.6 Å². The normalized spacial score (nSPS) is 22.0. The van der Waals surface area contributed by atoms with Gasteiger partial charge < -0.3 is 23.7 Å². The Morgan fingerprint density at radius 1 is 1.13 bits per heavy atom. The standard InChI is InChI=1S/C21H24ClN3O5/c22-16-1-3-17(4-2-16)30-18-5-6-25(21(27)19-12-23-14-29-19)13-15(18)11-20(26)24-7-9-28-10-8-24/h1-4,12,14-15,18H,5-11,13H2/t15-,18-/m0/s1. The van der Waals surface area contributed by atoms with E-state index in [1.165, 1.54) is 12.6 Å². The van der Waals surface area contributed by atoms with Crippen LogP contribution in [0.5, 0.6) is 5.75 Å². The van der Waals surface area contributed by atoms with E-state index in [1.807, 2.05) is 17.0 Å². The molecule has 0 unspecified atom stereocenters. The first-order chi connectivity index (χ1) is 14.6. The number of hydrogen-bond donors (Lipinski definition) is 0. The monoisotopic (exact) mass is 433 g/mol. The summed E-state index contributed by atoms with van der Waals surface area (Å²) in [6, 6.07) is 7.17. The Bertz CT molecular complexity index is 852. The summed E-state index contributed by atoms with van der Waals surface area (Å²) in [6.45, 7) is 3.21. The molecular formula is C21H24ClN3O5. The third kappa shape index (κ3) is 4.94. The topological polar surface area (TPSA) is 85.1 Å². The lowest BCUT2D eigenvalue weighted by atomic mass is 9.90. The summed E-state index contributed by atoms with van der Waals surface area (Å²) in [5.74, 6) is 0.591. The fourth-order valence-corrected chi connectivity index (χ4v) is 4.00. The molecular weight excluding hydrogens is 410 g/mol. The molecule has 0 bridgehead atoms. The first-order valence-corrected chi connectivity index (χ1v) is 10.4. The van der Waals surface area contributed by atoms with E-state index in [2.05, 4.69) is 4.98 Å². The van der Waals surface area contributed by atoms with E-state index in [0.717, 1.165) is 0 Å². The first-order valence-electron chi connectivity index (χ1n) is 10.1. The summed E-state index contributed by atoms with van der Waals surface area (Å²) >= 11 is 5.97. The van der Waals surface area contributed by atoms with Crippen LogP contribution in [0, 0.1) is 5.92 Å². The van der Waals surface area contributed by atoms with Gasteiger partial charge in [-0.2, -0.15) is 0 Å². The number of aromatic nitrogens is 1. The van der Waals surface area contributed by atoms with Crippen molar-refractivity contribution in [2.24, 2.45) is 5.92 Å². The highest BCUT2D eigenvalue weighted by molar-refractivity contribution is 6.30. The van der Waals surface area contributed by atoms with Crippen LogP contribution in [-0.4, -0.2) is 72.1 Å². The van der Waals surface area contributed by atoms with Crippen molar-refractivity contribution in [3.8, 4) is 5.75 Å². The maximum absolute atomic E-state index is 12.9. The summed E-state index contributed by atoms with van der Waals surface area (Å²) in [5.41, 5.74) is 0. The van der Waals surface area contributed by atoms with Crippen LogP contribution in [0.1, 0.15) is 23.4 Å². The third-order valence-corrected chi connectivity index (χ3v) is 5.75. The molecule has 0 saturated carbocycles. The number of hydrogen-bond acceptors (Lipinski definition) is 6. The summed E-state index contributed by atoms with van der Waals surface area (Å²) < 4.78 is 16.7. The van der Waals surface area contributed by atoms with Crippen LogP contribution in [0.4, 0.5) is 0 Å². The Balaban J connectivity index is 1.47. The number of piperidine rings is 1. The number of oxazole rings is 1. The van der Waals surface area contributed by atoms with Gasteiger partial charge in [0.2, 0.25) is 11.7 Å². The Labute approximate surface area is 179 Å². The molecule has 2 amide bonds. The van der Waals surface area contributed by atoms with Crippen molar-refractivity contribution in [2.75, 3.05) is 39.4 Å². The SMILES string of the molecule is O=C(C[C@H]1CN(C(=O)c2cnco2)CC[C@@H]1Oc1ccc(Cl)cc1)N1CCOCC1. The molecule has 0 N–H and O–H groups in total. The van der Waals surface area contributed by atoms with Crippen molar-refractivity contribution in [1.82, 2.24) is 14.8 Å². The van der Waals surface area contributed by atoms with E-state index in [9.17, 15) is 9.59 Å². The molecule has 2 fully saturated rings. The van der Waals surface area contributed by atoms with Gasteiger partial charge in [0.1, 0.15) is 11.9 Å². The van der Waals surface area contributed by atoms with Crippen molar-refractivity contribution < 1.29 is 23.5 Å². The van der Waals surface area contributed by atoms with Crippen LogP contribution >= 0.6 is 11.6 Å². The number of benzene rings is 1. The van der Waals surface area contributed by atoms with Crippen LogP contribution in [0.25, 0.3) is 0 Å². The Hall–Kier alpha value is -2.58. The second-order valence-electron chi connectivity index (χ2n) is 7.47. The smallest absolute Gasteiger partial charge is 0.291 e. The molecule has 8 nitrogen and oxygen atoms in total. The molecule has 9 heteroatoms. The molecule has 2 atom stereocenters. The Morgan fingerprint density at radius 2 is 1.90 bits per heavy atom. The average molecular weight is 434 g/mol. The van der Waals surface area contributed by atoms with E-state index in [4.69, 9.17) is 25.5 Å². The number of halogens is 1. The highest BCUT2D eigenvalue weighted by Gasteiger charge is 2.36. The lowest BCUT2D eigenvalue weighted by Gasteiger charge is -2.39. The van der Waals surface area contributed by atoms with Crippen molar-refractivity contribution in [1.29, 1.82) is 0 Å². The van der Waals surface area contributed by atoms with Crippen LogP contribution in [0.3, 0.4) is 0 Å². The molecule has 2 aliphatic rings. The second-order valence-corrected chi connectivity index (χ2v) is 7.91. The van der Waals surface area contributed by atoms with Crippen LogP contribution < -0.4 is 4.74 Å². The number of morpholine rings is 1. The van der Waals surface area contributed by atoms with Gasteiger partial charge in [-0.3, -0.25) is 9.59 Å². The maximum Gasteiger partial charge on any atom is 0.291 e. The van der Waals surface area contributed by atoms with Gasteiger partial charge >= 0.3 is 0 Å². The number of carbonyl (C=O) groups is 2. The third-order valence-electron chi connectivity index (χ3n) is 5.50. The number of ether oxygens (including phenoxy) is 2. The van der Waals surface area contributed by atoms with Crippen molar-refractivity contribution in [3.05, 3.63) is 47.6 Å². The molecule has 3 heterocycles. The zero-order valence-electron chi connectivity index (χ0n) is 16.5. The Morgan fingerprint density at radius 3 is 2.60 bits per heavy atom. The average Bonchev–Trinajstić information content (AvgIpc) is 3.31. The van der Waals surface area contributed by atoms with E-state index < -0.39 is 0 Å². The minimum absolute atomic E-state index is 0.0574. The molecule has 1 aromatic carbocycles. The zero-order valence-corrected chi connectivity index (χ0v) is 17.3. The molecule has 160 valence electrons. The summed E-state index contributed by atoms with van der Waals surface area (Å²) in [7, 11) is 0. The van der Waals surface area contributed by atoms with Gasteiger partial charge in [-0.05, 0) is 24.3 Å². The highest BCUT2D eigenvalue weighted by atomic mass is 35.5. The largest absolute Gasteiger partial charge is 0.490 e. The maximum atomic E-state index is 12.9. The van der Waals surface area contributed by atoms with E-state index in [-0.39, 0.29) is 29.6 Å². The lowest BCUT2D eigenvalue weighted by Crippen LogP contribution is -2.50. The van der Waals surface area contributed by atoms with Crippen LogP contribution in [0.15, 0.2) is 41.3 Å². The zero-order chi connectivity index (χ0) is 20.9. The number of rotatable bonds is 5.